The van der Waals surface area contributed by atoms with E-state index in [4.69, 9.17) is 0 Å². The second-order valence-corrected chi connectivity index (χ2v) is 11.2. The van der Waals surface area contributed by atoms with Crippen LogP contribution < -0.4 is 0 Å². The monoisotopic (exact) mass is 366 g/mol. The summed E-state index contributed by atoms with van der Waals surface area (Å²) in [5, 5.41) is 0. The van der Waals surface area contributed by atoms with Crippen LogP contribution in [0.4, 0.5) is 0 Å². The summed E-state index contributed by atoms with van der Waals surface area (Å²) >= 11 is 0. The van der Waals surface area contributed by atoms with Crippen molar-refractivity contribution in [3.8, 4) is 0 Å². The third-order valence-corrected chi connectivity index (χ3v) is 8.03. The molecule has 0 saturated heterocycles. The first-order valence-corrected chi connectivity index (χ1v) is 12.1. The van der Waals surface area contributed by atoms with Crippen LogP contribution in [-0.4, -0.2) is 34.4 Å². The van der Waals surface area contributed by atoms with Gasteiger partial charge in [0.1, 0.15) is 0 Å². The fraction of sp³-hybridized carbons (Fsp3) is 0.333. The largest absolute Gasteiger partial charge is 0.344 e. The van der Waals surface area contributed by atoms with Crippen molar-refractivity contribution < 1.29 is 18.9 Å². The SMILES string of the molecule is O=P(O)(CCc1ccccc1)CCP(=O)(O)CCc1ccccc1. The molecule has 2 rings (SSSR count). The van der Waals surface area contributed by atoms with Crippen molar-refractivity contribution in [2.24, 2.45) is 0 Å². The van der Waals surface area contributed by atoms with Crippen molar-refractivity contribution in [3.05, 3.63) is 71.8 Å². The number of hydrogen-bond acceptors (Lipinski definition) is 2. The summed E-state index contributed by atoms with van der Waals surface area (Å²) in [6.45, 7) is 0. The Morgan fingerprint density at radius 2 is 0.917 bits per heavy atom. The number of rotatable bonds is 9. The summed E-state index contributed by atoms with van der Waals surface area (Å²) in [6, 6.07) is 19.0. The molecule has 0 aliphatic rings. The van der Waals surface area contributed by atoms with E-state index >= 15 is 0 Å². The number of benzene rings is 2. The Labute approximate surface area is 143 Å². The first kappa shape index (κ1) is 19.1. The normalized spacial score (nSPS) is 16.2. The van der Waals surface area contributed by atoms with Gasteiger partial charge in [0.15, 0.2) is 0 Å². The van der Waals surface area contributed by atoms with Gasteiger partial charge in [-0.25, -0.2) is 0 Å². The standard InChI is InChI=1S/C18H24O4P2/c19-23(20,13-11-17-7-3-1-4-8-17)15-16-24(21,22)14-12-18-9-5-2-6-10-18/h1-10H,11-16H2,(H,19,20)(H,21,22). The van der Waals surface area contributed by atoms with Crippen LogP contribution in [0.15, 0.2) is 60.7 Å². The van der Waals surface area contributed by atoms with Crippen molar-refractivity contribution in [2.45, 2.75) is 12.8 Å². The van der Waals surface area contributed by atoms with Crippen LogP contribution in [0, 0.1) is 0 Å². The molecule has 0 amide bonds. The minimum Gasteiger partial charge on any atom is -0.344 e. The van der Waals surface area contributed by atoms with Gasteiger partial charge in [0.05, 0.1) is 0 Å². The van der Waals surface area contributed by atoms with E-state index < -0.39 is 14.7 Å². The quantitative estimate of drug-likeness (QED) is 0.658. The maximum Gasteiger partial charge on any atom is 0.201 e. The lowest BCUT2D eigenvalue weighted by Gasteiger charge is -2.15. The molecule has 0 heterocycles. The molecule has 0 aliphatic heterocycles. The molecule has 24 heavy (non-hydrogen) atoms. The molecular formula is C18H24O4P2. The molecule has 2 aromatic rings. The lowest BCUT2D eigenvalue weighted by atomic mass is 10.2. The van der Waals surface area contributed by atoms with Gasteiger partial charge in [-0.2, -0.15) is 0 Å². The molecule has 0 saturated carbocycles. The van der Waals surface area contributed by atoms with Gasteiger partial charge in [0.2, 0.25) is 14.7 Å². The molecule has 0 aliphatic carbocycles. The zero-order valence-electron chi connectivity index (χ0n) is 13.6. The highest BCUT2D eigenvalue weighted by Gasteiger charge is 2.25. The lowest BCUT2D eigenvalue weighted by Crippen LogP contribution is -2.05. The highest BCUT2D eigenvalue weighted by molar-refractivity contribution is 7.62. The molecule has 0 bridgehead atoms. The summed E-state index contributed by atoms with van der Waals surface area (Å²) < 4.78 is 24.5. The van der Waals surface area contributed by atoms with Crippen LogP contribution in [-0.2, 0) is 22.0 Å². The van der Waals surface area contributed by atoms with E-state index in [0.29, 0.717) is 12.8 Å². The zero-order valence-corrected chi connectivity index (χ0v) is 15.4. The van der Waals surface area contributed by atoms with Gasteiger partial charge in [-0.1, -0.05) is 60.7 Å². The van der Waals surface area contributed by atoms with Gasteiger partial charge in [-0.15, -0.1) is 0 Å². The molecule has 0 spiro atoms. The van der Waals surface area contributed by atoms with Crippen molar-refractivity contribution in [1.29, 1.82) is 0 Å². The van der Waals surface area contributed by atoms with E-state index in [9.17, 15) is 18.9 Å². The molecule has 0 fully saturated rings. The van der Waals surface area contributed by atoms with Gasteiger partial charge >= 0.3 is 0 Å². The van der Waals surface area contributed by atoms with Gasteiger partial charge < -0.3 is 9.79 Å². The third-order valence-electron chi connectivity index (χ3n) is 3.98. The third kappa shape index (κ3) is 7.15. The molecule has 2 aromatic carbocycles. The van der Waals surface area contributed by atoms with Crippen molar-refractivity contribution in [3.63, 3.8) is 0 Å². The molecule has 0 radical (unpaired) electrons. The molecule has 2 atom stereocenters. The van der Waals surface area contributed by atoms with Crippen LogP contribution in [0.2, 0.25) is 0 Å². The maximum absolute atomic E-state index is 12.2. The van der Waals surface area contributed by atoms with Crippen molar-refractivity contribution in [1.82, 2.24) is 0 Å². The first-order chi connectivity index (χ1) is 11.4. The number of hydrogen-bond donors (Lipinski definition) is 2. The van der Waals surface area contributed by atoms with Gasteiger partial charge in [0, 0.05) is 24.6 Å². The first-order valence-electron chi connectivity index (χ1n) is 8.06. The van der Waals surface area contributed by atoms with E-state index in [0.717, 1.165) is 11.1 Å². The van der Waals surface area contributed by atoms with E-state index in [-0.39, 0.29) is 24.6 Å². The molecule has 0 aromatic heterocycles. The fourth-order valence-electron chi connectivity index (χ4n) is 2.43. The Hall–Kier alpha value is -1.18. The highest BCUT2D eigenvalue weighted by Crippen LogP contribution is 2.48. The fourth-order valence-corrected chi connectivity index (χ4v) is 6.60. The smallest absolute Gasteiger partial charge is 0.201 e. The lowest BCUT2D eigenvalue weighted by molar-refractivity contribution is 0.467. The average Bonchev–Trinajstić information content (AvgIpc) is 2.59. The van der Waals surface area contributed by atoms with Crippen molar-refractivity contribution in [2.75, 3.05) is 24.6 Å². The Balaban J connectivity index is 1.79. The maximum atomic E-state index is 12.2. The van der Waals surface area contributed by atoms with Crippen molar-refractivity contribution >= 4 is 14.7 Å². The van der Waals surface area contributed by atoms with E-state index in [1.54, 1.807) is 0 Å². The highest BCUT2D eigenvalue weighted by atomic mass is 31.2. The minimum atomic E-state index is -3.38. The predicted molar refractivity (Wildman–Crippen MR) is 99.4 cm³/mol. The Morgan fingerprint density at radius 3 is 1.25 bits per heavy atom. The minimum absolute atomic E-state index is 0.0948. The van der Waals surface area contributed by atoms with E-state index in [1.165, 1.54) is 0 Å². The summed E-state index contributed by atoms with van der Waals surface area (Å²) in [4.78, 5) is 20.1. The van der Waals surface area contributed by atoms with Crippen LogP contribution in [0.3, 0.4) is 0 Å². The summed E-state index contributed by atoms with van der Waals surface area (Å²) in [6.07, 6.45) is 1.12. The summed E-state index contributed by atoms with van der Waals surface area (Å²) in [5.74, 6) is 0. The van der Waals surface area contributed by atoms with Crippen LogP contribution in [0.25, 0.3) is 0 Å². The van der Waals surface area contributed by atoms with Gasteiger partial charge in [-0.05, 0) is 24.0 Å². The molecule has 2 N–H and O–H groups in total. The predicted octanol–water partition coefficient (Wildman–Crippen LogP) is 4.01. The topological polar surface area (TPSA) is 74.6 Å². The Bertz CT molecular complexity index is 653. The Kier molecular flexibility index (Phi) is 7.01. The van der Waals surface area contributed by atoms with Crippen LogP contribution >= 0.6 is 14.7 Å². The summed E-state index contributed by atoms with van der Waals surface area (Å²) in [7, 11) is -6.76. The summed E-state index contributed by atoms with van der Waals surface area (Å²) in [5.41, 5.74) is 2.01. The molecule has 130 valence electrons. The van der Waals surface area contributed by atoms with E-state index in [1.807, 2.05) is 60.7 Å². The van der Waals surface area contributed by atoms with Crippen LogP contribution in [0.5, 0.6) is 0 Å². The molecule has 6 heteroatoms. The van der Waals surface area contributed by atoms with Crippen LogP contribution in [0.1, 0.15) is 11.1 Å². The Morgan fingerprint density at radius 1 is 0.583 bits per heavy atom. The molecule has 2 unspecified atom stereocenters. The molecular weight excluding hydrogens is 342 g/mol. The van der Waals surface area contributed by atoms with Gasteiger partial charge in [-0.3, -0.25) is 9.13 Å². The van der Waals surface area contributed by atoms with E-state index in [2.05, 4.69) is 0 Å². The molecule has 4 nitrogen and oxygen atoms in total. The zero-order chi connectivity index (χ0) is 17.5. The average molecular weight is 366 g/mol. The number of aryl methyl sites for hydroxylation is 2. The second-order valence-electron chi connectivity index (χ2n) is 6.06. The second kappa shape index (κ2) is 8.78. The van der Waals surface area contributed by atoms with Gasteiger partial charge in [0.25, 0.3) is 0 Å².